The molecule has 0 unspecified atom stereocenters. The maximum atomic E-state index is 11.8. The van der Waals surface area contributed by atoms with Crippen LogP contribution in [-0.2, 0) is 10.0 Å². The first kappa shape index (κ1) is 13.9. The average Bonchev–Trinajstić information content (AvgIpc) is 2.29. The number of rotatable bonds is 6. The highest BCUT2D eigenvalue weighted by Gasteiger charge is 2.15. The molecule has 0 saturated carbocycles. The number of benzene rings is 1. The minimum Gasteiger partial charge on any atom is -0.398 e. The summed E-state index contributed by atoms with van der Waals surface area (Å²) in [5.74, 6) is 3.69. The van der Waals surface area contributed by atoms with Crippen molar-refractivity contribution < 1.29 is 8.42 Å². The van der Waals surface area contributed by atoms with Gasteiger partial charge < -0.3 is 5.73 Å². The van der Waals surface area contributed by atoms with E-state index in [0.717, 1.165) is 0 Å². The van der Waals surface area contributed by atoms with Crippen molar-refractivity contribution in [3.8, 4) is 12.3 Å². The molecular weight excluding hydrogens is 256 g/mol. The molecule has 92 valence electrons. The molecule has 0 saturated heterocycles. The third-order valence-electron chi connectivity index (χ3n) is 1.93. The van der Waals surface area contributed by atoms with Crippen molar-refractivity contribution >= 4 is 27.5 Å². The van der Waals surface area contributed by atoms with Crippen LogP contribution in [0.25, 0.3) is 0 Å². The molecule has 6 heteroatoms. The van der Waals surface area contributed by atoms with E-state index < -0.39 is 10.0 Å². The summed E-state index contributed by atoms with van der Waals surface area (Å²) in [6.45, 7) is 0.336. The molecule has 1 aromatic rings. The Hall–Kier alpha value is -1.16. The highest BCUT2D eigenvalue weighted by molar-refractivity contribution is 7.99. The van der Waals surface area contributed by atoms with Gasteiger partial charge in [0.2, 0.25) is 10.0 Å². The van der Waals surface area contributed by atoms with Crippen LogP contribution in [-0.4, -0.2) is 26.5 Å². The zero-order chi connectivity index (χ0) is 12.7. The van der Waals surface area contributed by atoms with E-state index in [2.05, 4.69) is 10.6 Å². The van der Waals surface area contributed by atoms with Crippen LogP contribution in [0.1, 0.15) is 0 Å². The number of hydrogen-bond acceptors (Lipinski definition) is 4. The topological polar surface area (TPSA) is 72.2 Å². The molecule has 0 bridgehead atoms. The lowest BCUT2D eigenvalue weighted by atomic mass is 10.3. The summed E-state index contributed by atoms with van der Waals surface area (Å²) >= 11 is 1.50. The van der Waals surface area contributed by atoms with Crippen LogP contribution in [0, 0.1) is 12.3 Å². The van der Waals surface area contributed by atoms with Gasteiger partial charge in [-0.3, -0.25) is 0 Å². The smallest absolute Gasteiger partial charge is 0.242 e. The van der Waals surface area contributed by atoms with Crippen molar-refractivity contribution in [1.29, 1.82) is 0 Å². The van der Waals surface area contributed by atoms with Gasteiger partial charge in [-0.1, -0.05) is 18.1 Å². The van der Waals surface area contributed by atoms with Gasteiger partial charge in [-0.2, -0.15) is 0 Å². The van der Waals surface area contributed by atoms with Crippen molar-refractivity contribution in [2.75, 3.05) is 23.8 Å². The number of nitrogen functional groups attached to an aromatic ring is 1. The van der Waals surface area contributed by atoms with Gasteiger partial charge in [-0.25, -0.2) is 13.1 Å². The van der Waals surface area contributed by atoms with Gasteiger partial charge in [-0.15, -0.1) is 18.2 Å². The van der Waals surface area contributed by atoms with Gasteiger partial charge in [-0.05, 0) is 12.1 Å². The van der Waals surface area contributed by atoms with E-state index in [1.165, 1.54) is 17.8 Å². The van der Waals surface area contributed by atoms with Crippen LogP contribution in [0.15, 0.2) is 29.2 Å². The quantitative estimate of drug-likeness (QED) is 0.458. The normalized spacial score (nSPS) is 11.0. The number of nitrogens with two attached hydrogens (primary N) is 1. The Labute approximate surface area is 106 Å². The standard InChI is InChI=1S/C11H14N2O2S2/c1-2-8-16-9-7-13-17(14,15)11-6-4-3-5-10(11)12/h1,3-6,13H,7-9,12H2. The summed E-state index contributed by atoms with van der Waals surface area (Å²) in [5.41, 5.74) is 5.85. The monoisotopic (exact) mass is 270 g/mol. The van der Waals surface area contributed by atoms with Gasteiger partial charge in [0.15, 0.2) is 0 Å². The van der Waals surface area contributed by atoms with Gasteiger partial charge in [0, 0.05) is 12.3 Å². The first-order valence-corrected chi connectivity index (χ1v) is 7.57. The summed E-state index contributed by atoms with van der Waals surface area (Å²) < 4.78 is 26.2. The first-order chi connectivity index (χ1) is 8.08. The molecule has 3 N–H and O–H groups in total. The van der Waals surface area contributed by atoms with Crippen LogP contribution in [0.5, 0.6) is 0 Å². The zero-order valence-corrected chi connectivity index (χ0v) is 10.9. The Kier molecular flexibility index (Phi) is 5.35. The molecule has 0 amide bonds. The minimum absolute atomic E-state index is 0.113. The van der Waals surface area contributed by atoms with Gasteiger partial charge in [0.25, 0.3) is 0 Å². The van der Waals surface area contributed by atoms with Gasteiger partial charge >= 0.3 is 0 Å². The lowest BCUT2D eigenvalue weighted by molar-refractivity contribution is 0.584. The molecule has 0 aliphatic heterocycles. The molecule has 0 aliphatic carbocycles. The second kappa shape index (κ2) is 6.55. The van der Waals surface area contributed by atoms with E-state index in [1.54, 1.807) is 18.2 Å². The maximum absolute atomic E-state index is 11.8. The number of nitrogens with one attached hydrogen (secondary N) is 1. The molecule has 0 aliphatic rings. The highest BCUT2D eigenvalue weighted by atomic mass is 32.2. The Morgan fingerprint density at radius 2 is 2.12 bits per heavy atom. The summed E-state index contributed by atoms with van der Waals surface area (Å²) in [6.07, 6.45) is 5.08. The fourth-order valence-corrected chi connectivity index (χ4v) is 2.98. The van der Waals surface area contributed by atoms with E-state index in [1.807, 2.05) is 0 Å². The lowest BCUT2D eigenvalue weighted by Crippen LogP contribution is -2.26. The predicted molar refractivity (Wildman–Crippen MR) is 72.2 cm³/mol. The SMILES string of the molecule is C#CCSCCNS(=O)(=O)c1ccccc1N. The van der Waals surface area contributed by atoms with Crippen LogP contribution in [0.4, 0.5) is 5.69 Å². The fourth-order valence-electron chi connectivity index (χ4n) is 1.18. The number of hydrogen-bond donors (Lipinski definition) is 2. The number of sulfonamides is 1. The largest absolute Gasteiger partial charge is 0.398 e. The van der Waals surface area contributed by atoms with Crippen molar-refractivity contribution in [3.05, 3.63) is 24.3 Å². The second-order valence-corrected chi connectivity index (χ2v) is 6.03. The Balaban J connectivity index is 2.59. The highest BCUT2D eigenvalue weighted by Crippen LogP contribution is 2.16. The summed E-state index contributed by atoms with van der Waals surface area (Å²) in [4.78, 5) is 0.113. The summed E-state index contributed by atoms with van der Waals surface area (Å²) in [7, 11) is -3.52. The van der Waals surface area contributed by atoms with E-state index in [4.69, 9.17) is 12.2 Å². The molecule has 0 atom stereocenters. The Bertz CT molecular complexity index is 506. The van der Waals surface area contributed by atoms with Crippen molar-refractivity contribution in [2.45, 2.75) is 4.90 Å². The van der Waals surface area contributed by atoms with Crippen LogP contribution in [0.2, 0.25) is 0 Å². The lowest BCUT2D eigenvalue weighted by Gasteiger charge is -2.08. The van der Waals surface area contributed by atoms with E-state index in [9.17, 15) is 8.42 Å². The molecule has 0 spiro atoms. The van der Waals surface area contributed by atoms with Crippen molar-refractivity contribution in [2.24, 2.45) is 0 Å². The van der Waals surface area contributed by atoms with Crippen molar-refractivity contribution in [1.82, 2.24) is 4.72 Å². The minimum atomic E-state index is -3.52. The predicted octanol–water partition coefficient (Wildman–Crippen LogP) is 0.914. The summed E-state index contributed by atoms with van der Waals surface area (Å²) in [5, 5.41) is 0. The Morgan fingerprint density at radius 3 is 2.76 bits per heavy atom. The van der Waals surface area contributed by atoms with Crippen LogP contribution in [0.3, 0.4) is 0 Å². The zero-order valence-electron chi connectivity index (χ0n) is 9.22. The fraction of sp³-hybridized carbons (Fsp3) is 0.273. The van der Waals surface area contributed by atoms with Gasteiger partial charge in [0.05, 0.1) is 11.4 Å². The third-order valence-corrected chi connectivity index (χ3v) is 4.33. The molecule has 4 nitrogen and oxygen atoms in total. The number of para-hydroxylation sites is 1. The van der Waals surface area contributed by atoms with Gasteiger partial charge in [0.1, 0.15) is 4.90 Å². The number of thioether (sulfide) groups is 1. The molecule has 0 heterocycles. The van der Waals surface area contributed by atoms with E-state index in [-0.39, 0.29) is 10.6 Å². The third kappa shape index (κ3) is 4.30. The molecule has 1 rings (SSSR count). The Morgan fingerprint density at radius 1 is 1.41 bits per heavy atom. The van der Waals surface area contributed by atoms with E-state index >= 15 is 0 Å². The maximum Gasteiger partial charge on any atom is 0.242 e. The molecule has 17 heavy (non-hydrogen) atoms. The second-order valence-electron chi connectivity index (χ2n) is 3.19. The average molecular weight is 270 g/mol. The molecule has 0 radical (unpaired) electrons. The number of terminal acetylenes is 1. The summed E-state index contributed by atoms with van der Waals surface area (Å²) in [6, 6.07) is 6.36. The molecular formula is C11H14N2O2S2. The number of anilines is 1. The van der Waals surface area contributed by atoms with Crippen LogP contribution < -0.4 is 10.5 Å². The van der Waals surface area contributed by atoms with E-state index in [0.29, 0.717) is 18.1 Å². The molecule has 0 fully saturated rings. The van der Waals surface area contributed by atoms with Crippen molar-refractivity contribution in [3.63, 3.8) is 0 Å². The first-order valence-electron chi connectivity index (χ1n) is 4.93. The molecule has 0 aromatic heterocycles. The molecule has 1 aromatic carbocycles. The van der Waals surface area contributed by atoms with Crippen LogP contribution >= 0.6 is 11.8 Å².